The van der Waals surface area contributed by atoms with Crippen molar-refractivity contribution in [2.45, 2.75) is 43.0 Å². The lowest BCUT2D eigenvalue weighted by Crippen LogP contribution is -2.45. The van der Waals surface area contributed by atoms with Crippen LogP contribution in [-0.2, 0) is 21.0 Å². The maximum Gasteiger partial charge on any atom is 0.416 e. The molecule has 37 heavy (non-hydrogen) atoms. The smallest absolute Gasteiger partial charge is 0.416 e. The quantitative estimate of drug-likeness (QED) is 0.409. The topological polar surface area (TPSA) is 75.7 Å². The third kappa shape index (κ3) is 5.86. The van der Waals surface area contributed by atoms with E-state index >= 15 is 0 Å². The van der Waals surface area contributed by atoms with Crippen molar-refractivity contribution in [1.29, 1.82) is 0 Å². The van der Waals surface area contributed by atoms with Gasteiger partial charge in [0.25, 0.3) is 10.0 Å². The molecule has 1 amide bonds. The Bertz CT molecular complexity index is 1410. The molecule has 6 nitrogen and oxygen atoms in total. The fourth-order valence-electron chi connectivity index (χ4n) is 4.20. The van der Waals surface area contributed by atoms with Crippen LogP contribution in [0.2, 0.25) is 5.02 Å². The molecule has 1 atom stereocenters. The molecule has 1 N–H and O–H groups in total. The number of hydrogen-bond acceptors (Lipinski definition) is 4. The molecule has 1 unspecified atom stereocenters. The highest BCUT2D eigenvalue weighted by atomic mass is 35.5. The second-order valence-electron chi connectivity index (χ2n) is 9.21. The Morgan fingerprint density at radius 1 is 1.08 bits per heavy atom. The first-order chi connectivity index (χ1) is 17.3. The Morgan fingerprint density at radius 2 is 1.73 bits per heavy atom. The van der Waals surface area contributed by atoms with Gasteiger partial charge in [-0.3, -0.25) is 9.10 Å². The van der Waals surface area contributed by atoms with Crippen molar-refractivity contribution in [2.75, 3.05) is 10.8 Å². The number of alkyl halides is 3. The highest BCUT2D eigenvalue weighted by Crippen LogP contribution is 2.40. The number of amides is 1. The Kier molecular flexibility index (Phi) is 7.18. The molecule has 0 bridgehead atoms. The van der Waals surface area contributed by atoms with Crippen LogP contribution in [0.4, 0.5) is 18.9 Å². The van der Waals surface area contributed by atoms with Crippen LogP contribution in [0.15, 0.2) is 77.7 Å². The number of para-hydroxylation sites is 1. The molecule has 1 aliphatic rings. The number of hydrogen-bond donors (Lipinski definition) is 1. The van der Waals surface area contributed by atoms with E-state index in [0.29, 0.717) is 28.1 Å². The molecule has 0 aliphatic carbocycles. The minimum Gasteiger partial charge on any atom is -0.487 e. The zero-order valence-corrected chi connectivity index (χ0v) is 21.5. The first-order valence-corrected chi connectivity index (χ1v) is 13.1. The highest BCUT2D eigenvalue weighted by Gasteiger charge is 2.37. The second-order valence-corrected chi connectivity index (χ2v) is 11.5. The molecule has 0 saturated heterocycles. The summed E-state index contributed by atoms with van der Waals surface area (Å²) in [5.74, 6) is -0.135. The van der Waals surface area contributed by atoms with E-state index in [1.807, 2.05) is 13.8 Å². The van der Waals surface area contributed by atoms with Gasteiger partial charge in [0.2, 0.25) is 5.91 Å². The normalized spacial score (nSPS) is 16.9. The Hall–Kier alpha value is -3.24. The summed E-state index contributed by atoms with van der Waals surface area (Å²) in [7, 11) is -4.46. The number of carbonyl (C=O) groups excluding carboxylic acids is 1. The first-order valence-electron chi connectivity index (χ1n) is 11.3. The van der Waals surface area contributed by atoms with E-state index in [2.05, 4.69) is 5.32 Å². The first kappa shape index (κ1) is 26.8. The monoisotopic (exact) mass is 552 g/mol. The van der Waals surface area contributed by atoms with Crippen LogP contribution >= 0.6 is 11.6 Å². The van der Waals surface area contributed by atoms with E-state index in [1.54, 1.807) is 30.3 Å². The van der Waals surface area contributed by atoms with Crippen LogP contribution in [-0.4, -0.2) is 26.5 Å². The van der Waals surface area contributed by atoms with Crippen molar-refractivity contribution in [2.24, 2.45) is 0 Å². The molecule has 1 heterocycles. The fraction of sp³-hybridized carbons (Fsp3) is 0.269. The second kappa shape index (κ2) is 9.90. The van der Waals surface area contributed by atoms with Crippen LogP contribution in [0.3, 0.4) is 0 Å². The van der Waals surface area contributed by atoms with Crippen molar-refractivity contribution < 1.29 is 31.1 Å². The minimum atomic E-state index is -4.75. The molecule has 0 saturated carbocycles. The van der Waals surface area contributed by atoms with Gasteiger partial charge in [-0.2, -0.15) is 13.2 Å². The fourth-order valence-corrected chi connectivity index (χ4v) is 5.92. The average molecular weight is 553 g/mol. The van der Waals surface area contributed by atoms with Crippen molar-refractivity contribution >= 4 is 33.2 Å². The van der Waals surface area contributed by atoms with Gasteiger partial charge in [-0.05, 0) is 50.2 Å². The summed E-state index contributed by atoms with van der Waals surface area (Å²) < 4.78 is 74.1. The predicted molar refractivity (Wildman–Crippen MR) is 134 cm³/mol. The number of anilines is 1. The Labute approximate surface area is 218 Å². The molecule has 0 fully saturated rings. The Balaban J connectivity index is 1.72. The molecule has 0 aromatic heterocycles. The predicted octanol–water partition coefficient (Wildman–Crippen LogP) is 5.97. The number of benzene rings is 3. The third-order valence-corrected chi connectivity index (χ3v) is 7.97. The van der Waals surface area contributed by atoms with Crippen LogP contribution in [0.1, 0.15) is 37.4 Å². The number of nitrogens with one attached hydrogen (secondary N) is 1. The maximum atomic E-state index is 13.6. The SMILES string of the molecule is CC1(C)CC(NC(=O)CN(c2cc(C(F)(F)F)ccc2Cl)S(=O)(=O)c2ccccc2)c2ccccc2O1. The zero-order valence-electron chi connectivity index (χ0n) is 19.9. The lowest BCUT2D eigenvalue weighted by atomic mass is 9.89. The molecular formula is C26H24ClF3N2O4S. The zero-order chi connectivity index (χ0) is 27.0. The highest BCUT2D eigenvalue weighted by molar-refractivity contribution is 7.92. The molecular weight excluding hydrogens is 529 g/mol. The minimum absolute atomic E-state index is 0.200. The molecule has 4 rings (SSSR count). The molecule has 196 valence electrons. The Morgan fingerprint density at radius 3 is 2.41 bits per heavy atom. The van der Waals surface area contributed by atoms with Crippen LogP contribution in [0, 0.1) is 0 Å². The number of rotatable bonds is 6. The van der Waals surface area contributed by atoms with Crippen molar-refractivity contribution in [3.63, 3.8) is 0 Å². The summed E-state index contributed by atoms with van der Waals surface area (Å²) in [4.78, 5) is 13.1. The van der Waals surface area contributed by atoms with Gasteiger partial charge in [-0.25, -0.2) is 8.42 Å². The van der Waals surface area contributed by atoms with Gasteiger partial charge in [0.05, 0.1) is 27.2 Å². The summed E-state index contributed by atoms with van der Waals surface area (Å²) in [6.45, 7) is 2.92. The summed E-state index contributed by atoms with van der Waals surface area (Å²) in [6, 6.07) is 16.1. The molecule has 1 aliphatic heterocycles. The number of carbonyl (C=O) groups is 1. The van der Waals surface area contributed by atoms with Crippen LogP contribution in [0.5, 0.6) is 5.75 Å². The van der Waals surface area contributed by atoms with Gasteiger partial charge in [0, 0.05) is 12.0 Å². The van der Waals surface area contributed by atoms with Gasteiger partial charge in [-0.1, -0.05) is 48.0 Å². The molecule has 0 spiro atoms. The number of halogens is 4. The molecule has 11 heteroatoms. The standard InChI is InChI=1S/C26H24ClF3N2O4S/c1-25(2)15-21(19-10-6-7-11-23(19)36-25)31-24(33)16-32(37(34,35)18-8-4-3-5-9-18)22-14-17(26(28,29)30)12-13-20(22)27/h3-14,21H,15-16H2,1-2H3,(H,31,33). The number of sulfonamides is 1. The summed E-state index contributed by atoms with van der Waals surface area (Å²) >= 11 is 6.19. The summed E-state index contributed by atoms with van der Waals surface area (Å²) in [6.07, 6.45) is -4.35. The molecule has 3 aromatic rings. The largest absolute Gasteiger partial charge is 0.487 e. The molecule has 0 radical (unpaired) electrons. The van der Waals surface area contributed by atoms with E-state index in [1.165, 1.54) is 24.3 Å². The molecule has 3 aromatic carbocycles. The van der Waals surface area contributed by atoms with Crippen LogP contribution in [0.25, 0.3) is 0 Å². The van der Waals surface area contributed by atoms with Crippen LogP contribution < -0.4 is 14.4 Å². The van der Waals surface area contributed by atoms with E-state index in [4.69, 9.17) is 16.3 Å². The van der Waals surface area contributed by atoms with E-state index in [9.17, 15) is 26.4 Å². The van der Waals surface area contributed by atoms with Gasteiger partial charge >= 0.3 is 6.18 Å². The van der Waals surface area contributed by atoms with Crippen molar-refractivity contribution in [3.05, 3.63) is 88.9 Å². The van der Waals surface area contributed by atoms with Gasteiger partial charge in [0.15, 0.2) is 0 Å². The average Bonchev–Trinajstić information content (AvgIpc) is 2.82. The lowest BCUT2D eigenvalue weighted by Gasteiger charge is -2.38. The summed E-state index contributed by atoms with van der Waals surface area (Å²) in [5, 5.41) is 2.58. The van der Waals surface area contributed by atoms with E-state index in [-0.39, 0.29) is 9.92 Å². The maximum absolute atomic E-state index is 13.6. The summed E-state index contributed by atoms with van der Waals surface area (Å²) in [5.41, 5.74) is -1.46. The number of ether oxygens (including phenoxy) is 1. The van der Waals surface area contributed by atoms with E-state index < -0.39 is 51.5 Å². The number of nitrogens with zero attached hydrogens (tertiary/aromatic N) is 1. The number of fused-ring (bicyclic) bond motifs is 1. The lowest BCUT2D eigenvalue weighted by molar-refractivity contribution is -0.137. The van der Waals surface area contributed by atoms with Gasteiger partial charge < -0.3 is 10.1 Å². The van der Waals surface area contributed by atoms with E-state index in [0.717, 1.165) is 12.1 Å². The van der Waals surface area contributed by atoms with Crippen molar-refractivity contribution in [3.8, 4) is 5.75 Å². The van der Waals surface area contributed by atoms with Crippen molar-refractivity contribution in [1.82, 2.24) is 5.32 Å². The van der Waals surface area contributed by atoms with Gasteiger partial charge in [-0.15, -0.1) is 0 Å². The van der Waals surface area contributed by atoms with Gasteiger partial charge in [0.1, 0.15) is 17.9 Å². The third-order valence-electron chi connectivity index (χ3n) is 5.87.